The van der Waals surface area contributed by atoms with Crippen molar-refractivity contribution in [3.63, 3.8) is 0 Å². The Bertz CT molecular complexity index is 433. The van der Waals surface area contributed by atoms with Crippen LogP contribution in [0.4, 0.5) is 0 Å². The first kappa shape index (κ1) is 15.3. The number of phenolic OH excluding ortho intramolecular Hbond substituents is 2. The zero-order valence-electron chi connectivity index (χ0n) is 12.0. The summed E-state index contributed by atoms with van der Waals surface area (Å²) < 4.78 is 0. The Morgan fingerprint density at radius 3 is 2.26 bits per heavy atom. The van der Waals surface area contributed by atoms with E-state index < -0.39 is 0 Å². The van der Waals surface area contributed by atoms with E-state index in [-0.39, 0.29) is 23.0 Å². The third-order valence-electron chi connectivity index (χ3n) is 3.47. The SMILES string of the molecule is CC(C)C(CNC(=O)c1cccc(O)c1O)C(C)C. The maximum absolute atomic E-state index is 12.0. The largest absolute Gasteiger partial charge is 0.504 e. The molecule has 0 fully saturated rings. The number of rotatable bonds is 5. The molecule has 1 aromatic carbocycles. The summed E-state index contributed by atoms with van der Waals surface area (Å²) >= 11 is 0. The lowest BCUT2D eigenvalue weighted by Gasteiger charge is -2.25. The Morgan fingerprint density at radius 1 is 1.16 bits per heavy atom. The molecule has 4 heteroatoms. The molecule has 0 bridgehead atoms. The molecule has 1 aromatic rings. The number of aromatic hydroxyl groups is 2. The molecule has 106 valence electrons. The van der Waals surface area contributed by atoms with Crippen LogP contribution in [0.1, 0.15) is 38.1 Å². The highest BCUT2D eigenvalue weighted by molar-refractivity contribution is 5.97. The van der Waals surface area contributed by atoms with Crippen LogP contribution in [-0.2, 0) is 0 Å². The minimum absolute atomic E-state index is 0.103. The van der Waals surface area contributed by atoms with Crippen molar-refractivity contribution in [2.75, 3.05) is 6.54 Å². The van der Waals surface area contributed by atoms with Crippen LogP contribution in [0.15, 0.2) is 18.2 Å². The number of hydrogen-bond acceptors (Lipinski definition) is 3. The van der Waals surface area contributed by atoms with E-state index in [1.165, 1.54) is 18.2 Å². The molecule has 0 radical (unpaired) electrons. The quantitative estimate of drug-likeness (QED) is 0.717. The molecule has 0 unspecified atom stereocenters. The number of phenols is 2. The van der Waals surface area contributed by atoms with Crippen LogP contribution in [0, 0.1) is 17.8 Å². The molecular weight excluding hydrogens is 242 g/mol. The number of amides is 1. The second-order valence-electron chi connectivity index (χ2n) is 5.54. The smallest absolute Gasteiger partial charge is 0.255 e. The number of benzene rings is 1. The van der Waals surface area contributed by atoms with E-state index in [9.17, 15) is 15.0 Å². The summed E-state index contributed by atoms with van der Waals surface area (Å²) in [6.45, 7) is 9.07. The predicted octanol–water partition coefficient (Wildman–Crippen LogP) is 2.76. The Labute approximate surface area is 114 Å². The first-order chi connectivity index (χ1) is 8.84. The van der Waals surface area contributed by atoms with Gasteiger partial charge in [-0.05, 0) is 29.9 Å². The molecule has 0 aliphatic rings. The second kappa shape index (κ2) is 6.45. The fourth-order valence-electron chi connectivity index (χ4n) is 2.26. The zero-order valence-corrected chi connectivity index (χ0v) is 12.0. The highest BCUT2D eigenvalue weighted by Gasteiger charge is 2.20. The average molecular weight is 265 g/mol. The topological polar surface area (TPSA) is 69.6 Å². The van der Waals surface area contributed by atoms with Crippen molar-refractivity contribution in [3.8, 4) is 11.5 Å². The van der Waals surface area contributed by atoms with E-state index in [2.05, 4.69) is 33.0 Å². The lowest BCUT2D eigenvalue weighted by atomic mass is 9.85. The van der Waals surface area contributed by atoms with Crippen LogP contribution in [0.5, 0.6) is 11.5 Å². The number of nitrogens with one attached hydrogen (secondary N) is 1. The molecule has 3 N–H and O–H groups in total. The molecule has 19 heavy (non-hydrogen) atoms. The second-order valence-corrected chi connectivity index (χ2v) is 5.54. The molecule has 0 aliphatic heterocycles. The number of para-hydroxylation sites is 1. The Hall–Kier alpha value is -1.71. The third kappa shape index (κ3) is 3.88. The highest BCUT2D eigenvalue weighted by Crippen LogP contribution is 2.28. The van der Waals surface area contributed by atoms with E-state index in [0.717, 1.165) is 0 Å². The number of carbonyl (C=O) groups excluding carboxylic acids is 1. The lowest BCUT2D eigenvalue weighted by molar-refractivity contribution is 0.0934. The minimum atomic E-state index is -0.370. The molecule has 1 amide bonds. The molecule has 0 aliphatic carbocycles. The lowest BCUT2D eigenvalue weighted by Crippen LogP contribution is -2.33. The minimum Gasteiger partial charge on any atom is -0.504 e. The maximum atomic E-state index is 12.0. The highest BCUT2D eigenvalue weighted by atomic mass is 16.3. The van der Waals surface area contributed by atoms with Gasteiger partial charge in [0.15, 0.2) is 11.5 Å². The van der Waals surface area contributed by atoms with Crippen LogP contribution < -0.4 is 5.32 Å². The Kier molecular flexibility index (Phi) is 5.21. The van der Waals surface area contributed by atoms with E-state index >= 15 is 0 Å². The summed E-state index contributed by atoms with van der Waals surface area (Å²) in [5.41, 5.74) is 0.103. The first-order valence-corrected chi connectivity index (χ1v) is 6.63. The van der Waals surface area contributed by atoms with E-state index in [4.69, 9.17) is 0 Å². The molecule has 0 heterocycles. The van der Waals surface area contributed by atoms with Crippen molar-refractivity contribution in [2.24, 2.45) is 17.8 Å². The number of hydrogen-bond donors (Lipinski definition) is 3. The van der Waals surface area contributed by atoms with Gasteiger partial charge in [-0.3, -0.25) is 4.79 Å². The first-order valence-electron chi connectivity index (χ1n) is 6.63. The van der Waals surface area contributed by atoms with Crippen LogP contribution >= 0.6 is 0 Å². The molecule has 1 rings (SSSR count). The Morgan fingerprint density at radius 2 is 1.74 bits per heavy atom. The summed E-state index contributed by atoms with van der Waals surface area (Å²) in [6, 6.07) is 4.37. The molecule has 0 saturated heterocycles. The van der Waals surface area contributed by atoms with Gasteiger partial charge in [-0.2, -0.15) is 0 Å². The van der Waals surface area contributed by atoms with E-state index in [1.54, 1.807) is 0 Å². The van der Waals surface area contributed by atoms with Gasteiger partial charge in [-0.1, -0.05) is 33.8 Å². The van der Waals surface area contributed by atoms with Crippen molar-refractivity contribution >= 4 is 5.91 Å². The predicted molar refractivity (Wildman–Crippen MR) is 75.3 cm³/mol. The van der Waals surface area contributed by atoms with Crippen molar-refractivity contribution < 1.29 is 15.0 Å². The number of carbonyl (C=O) groups is 1. The van der Waals surface area contributed by atoms with Crippen LogP contribution in [0.3, 0.4) is 0 Å². The van der Waals surface area contributed by atoms with Gasteiger partial charge in [0.1, 0.15) is 0 Å². The summed E-state index contributed by atoms with van der Waals surface area (Å²) in [5, 5.41) is 21.8. The maximum Gasteiger partial charge on any atom is 0.255 e. The van der Waals surface area contributed by atoms with Crippen LogP contribution in [-0.4, -0.2) is 22.7 Å². The third-order valence-corrected chi connectivity index (χ3v) is 3.47. The summed E-state index contributed by atoms with van der Waals surface area (Å²) in [4.78, 5) is 12.0. The van der Waals surface area contributed by atoms with Crippen molar-refractivity contribution in [1.29, 1.82) is 0 Å². The van der Waals surface area contributed by atoms with Crippen molar-refractivity contribution in [1.82, 2.24) is 5.32 Å². The molecule has 0 spiro atoms. The molecule has 4 nitrogen and oxygen atoms in total. The van der Waals surface area contributed by atoms with Gasteiger partial charge in [-0.15, -0.1) is 0 Å². The zero-order chi connectivity index (χ0) is 14.6. The normalized spacial score (nSPS) is 11.3. The molecular formula is C15H23NO3. The van der Waals surface area contributed by atoms with E-state index in [1.807, 2.05) is 0 Å². The van der Waals surface area contributed by atoms with Gasteiger partial charge in [-0.25, -0.2) is 0 Å². The standard InChI is InChI=1S/C15H23NO3/c1-9(2)12(10(3)4)8-16-15(19)11-6-5-7-13(17)14(11)18/h5-7,9-10,12,17-18H,8H2,1-4H3,(H,16,19). The molecule has 0 saturated carbocycles. The van der Waals surface area contributed by atoms with Crippen molar-refractivity contribution in [2.45, 2.75) is 27.7 Å². The fourth-order valence-corrected chi connectivity index (χ4v) is 2.26. The van der Waals surface area contributed by atoms with Gasteiger partial charge >= 0.3 is 0 Å². The monoisotopic (exact) mass is 265 g/mol. The van der Waals surface area contributed by atoms with Gasteiger partial charge in [0.05, 0.1) is 5.56 Å². The van der Waals surface area contributed by atoms with Gasteiger partial charge in [0.25, 0.3) is 5.91 Å². The fraction of sp³-hybridized carbons (Fsp3) is 0.533. The van der Waals surface area contributed by atoms with Crippen LogP contribution in [0.25, 0.3) is 0 Å². The summed E-state index contributed by atoms with van der Waals surface area (Å²) in [5.74, 6) is 0.307. The van der Waals surface area contributed by atoms with Crippen LogP contribution in [0.2, 0.25) is 0 Å². The van der Waals surface area contributed by atoms with Crippen molar-refractivity contribution in [3.05, 3.63) is 23.8 Å². The van der Waals surface area contributed by atoms with Gasteiger partial charge in [0.2, 0.25) is 0 Å². The molecule has 0 aromatic heterocycles. The average Bonchev–Trinajstić information content (AvgIpc) is 2.31. The van der Waals surface area contributed by atoms with E-state index in [0.29, 0.717) is 24.3 Å². The summed E-state index contributed by atoms with van der Waals surface area (Å²) in [6.07, 6.45) is 0. The van der Waals surface area contributed by atoms with Gasteiger partial charge < -0.3 is 15.5 Å². The van der Waals surface area contributed by atoms with Gasteiger partial charge in [0, 0.05) is 6.54 Å². The molecule has 0 atom stereocenters. The summed E-state index contributed by atoms with van der Waals surface area (Å²) in [7, 11) is 0. The Balaban J connectivity index is 2.72.